The Bertz CT molecular complexity index is 100. The Morgan fingerprint density at radius 1 is 0.625 bits per heavy atom. The molecule has 94 valence electrons. The molecule has 0 amide bonds. The molecule has 0 rings (SSSR count). The Morgan fingerprint density at radius 2 is 0.938 bits per heavy atom. The molecule has 0 saturated heterocycles. The van der Waals surface area contributed by atoms with E-state index in [2.05, 4.69) is 6.92 Å². The molecule has 0 N–H and O–H groups in total. The first kappa shape index (κ1) is 18.9. The van der Waals surface area contributed by atoms with E-state index in [9.17, 15) is 4.39 Å². The Labute approximate surface area is 115 Å². The van der Waals surface area contributed by atoms with E-state index in [0.717, 1.165) is 12.8 Å². The molecule has 0 aliphatic rings. The van der Waals surface area contributed by atoms with Gasteiger partial charge >= 0.3 is 18.9 Å². The summed E-state index contributed by atoms with van der Waals surface area (Å²) >= 11 is 0. The smallest absolute Gasteiger partial charge is 1.00 e. The van der Waals surface area contributed by atoms with E-state index < -0.39 is 0 Å². The van der Waals surface area contributed by atoms with Crippen LogP contribution >= 0.6 is 0 Å². The molecular formula is C14H30FLi. The summed E-state index contributed by atoms with van der Waals surface area (Å²) in [6, 6.07) is 0. The average molecular weight is 224 g/mol. The summed E-state index contributed by atoms with van der Waals surface area (Å²) in [4.78, 5) is 0. The van der Waals surface area contributed by atoms with Gasteiger partial charge in [-0.3, -0.25) is 4.39 Å². The minimum Gasteiger partial charge on any atom is -1.00 e. The van der Waals surface area contributed by atoms with E-state index in [0.29, 0.717) is 0 Å². The third-order valence-electron chi connectivity index (χ3n) is 2.99. The summed E-state index contributed by atoms with van der Waals surface area (Å²) in [6.07, 6.45) is 15.6. The van der Waals surface area contributed by atoms with Crippen molar-refractivity contribution in [3.05, 3.63) is 0 Å². The first-order valence-electron chi connectivity index (χ1n) is 6.97. The van der Waals surface area contributed by atoms with Gasteiger partial charge in [-0.05, 0) is 6.42 Å². The first-order chi connectivity index (χ1) is 7.41. The average Bonchev–Trinajstić information content (AvgIpc) is 2.26. The van der Waals surface area contributed by atoms with Crippen LogP contribution in [-0.2, 0) is 0 Å². The molecule has 0 fully saturated rings. The van der Waals surface area contributed by atoms with E-state index in [1.54, 1.807) is 0 Å². The Kier molecular flexibility index (Phi) is 21.1. The molecular weight excluding hydrogens is 194 g/mol. The normalized spacial score (nSPS) is 10.1. The molecule has 0 saturated carbocycles. The van der Waals surface area contributed by atoms with E-state index in [-0.39, 0.29) is 27.0 Å². The van der Waals surface area contributed by atoms with Gasteiger partial charge in [0, 0.05) is 0 Å². The summed E-state index contributed by atoms with van der Waals surface area (Å²) in [6.45, 7) is 2.13. The number of rotatable bonds is 12. The molecule has 0 nitrogen and oxygen atoms in total. The van der Waals surface area contributed by atoms with E-state index in [1.165, 1.54) is 64.2 Å². The zero-order valence-corrected chi connectivity index (χ0v) is 11.6. The van der Waals surface area contributed by atoms with Crippen LogP contribution in [0.15, 0.2) is 0 Å². The van der Waals surface area contributed by atoms with E-state index in [1.807, 2.05) is 0 Å². The minimum atomic E-state index is -0.128. The van der Waals surface area contributed by atoms with Crippen LogP contribution in [0.4, 0.5) is 4.39 Å². The van der Waals surface area contributed by atoms with Crippen LogP contribution < -0.4 is 18.9 Å². The fraction of sp³-hybridized carbons (Fsp3) is 1.00. The van der Waals surface area contributed by atoms with Gasteiger partial charge in [0.2, 0.25) is 0 Å². The van der Waals surface area contributed by atoms with Crippen molar-refractivity contribution in [2.24, 2.45) is 0 Å². The number of hydrogen-bond donors (Lipinski definition) is 0. The van der Waals surface area contributed by atoms with E-state index >= 15 is 0 Å². The van der Waals surface area contributed by atoms with Gasteiger partial charge in [-0.1, -0.05) is 77.6 Å². The van der Waals surface area contributed by atoms with Crippen molar-refractivity contribution in [1.29, 1.82) is 0 Å². The monoisotopic (exact) mass is 224 g/mol. The van der Waals surface area contributed by atoms with E-state index in [4.69, 9.17) is 0 Å². The SMILES string of the molecule is CCCCCCCCCCCCCCF.[H-].[Li+]. The molecule has 0 bridgehead atoms. The van der Waals surface area contributed by atoms with Crippen molar-refractivity contribution in [2.75, 3.05) is 6.67 Å². The fourth-order valence-corrected chi connectivity index (χ4v) is 1.94. The van der Waals surface area contributed by atoms with Crippen molar-refractivity contribution < 1.29 is 24.7 Å². The predicted octanol–water partition coefficient (Wildman–Crippen LogP) is 2.77. The van der Waals surface area contributed by atoms with Gasteiger partial charge in [-0.2, -0.15) is 0 Å². The van der Waals surface area contributed by atoms with Crippen molar-refractivity contribution in [3.63, 3.8) is 0 Å². The molecule has 0 aliphatic heterocycles. The van der Waals surface area contributed by atoms with Crippen LogP contribution in [0.2, 0.25) is 0 Å². The maximum Gasteiger partial charge on any atom is 1.00 e. The Hall–Kier alpha value is 0.527. The van der Waals surface area contributed by atoms with Crippen LogP contribution in [0.1, 0.15) is 85.4 Å². The van der Waals surface area contributed by atoms with Gasteiger partial charge in [-0.15, -0.1) is 0 Å². The summed E-state index contributed by atoms with van der Waals surface area (Å²) in [7, 11) is 0. The quantitative estimate of drug-likeness (QED) is 0.353. The largest absolute Gasteiger partial charge is 1.00 e. The van der Waals surface area contributed by atoms with Crippen molar-refractivity contribution >= 4 is 0 Å². The van der Waals surface area contributed by atoms with Gasteiger partial charge in [0.25, 0.3) is 0 Å². The Morgan fingerprint density at radius 3 is 1.25 bits per heavy atom. The van der Waals surface area contributed by atoms with Crippen LogP contribution in [0.3, 0.4) is 0 Å². The van der Waals surface area contributed by atoms with Crippen molar-refractivity contribution in [2.45, 2.75) is 84.0 Å². The molecule has 0 unspecified atom stereocenters. The second-order valence-corrected chi connectivity index (χ2v) is 4.58. The maximum atomic E-state index is 11.8. The van der Waals surface area contributed by atoms with Crippen LogP contribution in [0.25, 0.3) is 0 Å². The third kappa shape index (κ3) is 16.9. The topological polar surface area (TPSA) is 0 Å². The maximum absolute atomic E-state index is 11.8. The number of unbranched alkanes of at least 4 members (excludes halogenated alkanes) is 11. The zero-order chi connectivity index (χ0) is 11.2. The Balaban J connectivity index is -0.000000980. The molecule has 2 heteroatoms. The molecule has 0 aromatic heterocycles. The summed E-state index contributed by atoms with van der Waals surface area (Å²) in [5, 5.41) is 0. The molecule has 0 radical (unpaired) electrons. The summed E-state index contributed by atoms with van der Waals surface area (Å²) < 4.78 is 11.8. The zero-order valence-electron chi connectivity index (χ0n) is 12.6. The number of alkyl halides is 1. The van der Waals surface area contributed by atoms with Crippen LogP contribution in [0.5, 0.6) is 0 Å². The molecule has 0 aliphatic carbocycles. The second kappa shape index (κ2) is 17.9. The van der Waals surface area contributed by atoms with Gasteiger partial charge < -0.3 is 1.43 Å². The van der Waals surface area contributed by atoms with Gasteiger partial charge in [0.1, 0.15) is 0 Å². The van der Waals surface area contributed by atoms with Gasteiger partial charge in [0.05, 0.1) is 6.67 Å². The van der Waals surface area contributed by atoms with Crippen LogP contribution in [0, 0.1) is 0 Å². The number of hydrogen-bond acceptors (Lipinski definition) is 0. The van der Waals surface area contributed by atoms with Crippen LogP contribution in [-0.4, -0.2) is 6.67 Å². The summed E-state index contributed by atoms with van der Waals surface area (Å²) in [5.74, 6) is 0. The standard InChI is InChI=1S/C14H29F.Li.H/c1-2-3-4-5-6-7-8-9-10-11-12-13-14-15;;/h2-14H2,1H3;;/q;+1;-1. The minimum absolute atomic E-state index is 0. The molecule has 0 spiro atoms. The van der Waals surface area contributed by atoms with Crippen molar-refractivity contribution in [3.8, 4) is 0 Å². The second-order valence-electron chi connectivity index (χ2n) is 4.58. The molecule has 0 aromatic rings. The predicted molar refractivity (Wildman–Crippen MR) is 68.2 cm³/mol. The first-order valence-corrected chi connectivity index (χ1v) is 6.97. The van der Waals surface area contributed by atoms with Gasteiger partial charge in [-0.25, -0.2) is 0 Å². The van der Waals surface area contributed by atoms with Gasteiger partial charge in [0.15, 0.2) is 0 Å². The molecule has 0 aromatic carbocycles. The third-order valence-corrected chi connectivity index (χ3v) is 2.99. The fourth-order valence-electron chi connectivity index (χ4n) is 1.94. The number of halogens is 1. The van der Waals surface area contributed by atoms with Crippen molar-refractivity contribution in [1.82, 2.24) is 0 Å². The molecule has 0 atom stereocenters. The summed E-state index contributed by atoms with van der Waals surface area (Å²) in [5.41, 5.74) is 0. The molecule has 0 heterocycles. The molecule has 16 heavy (non-hydrogen) atoms.